The van der Waals surface area contributed by atoms with Crippen LogP contribution in [0.1, 0.15) is 22.3 Å². The molecular formula is C19H19ClN2O4. The minimum Gasteiger partial charge on any atom is -0.468 e. The number of halogens is 1. The van der Waals surface area contributed by atoms with Gasteiger partial charge < -0.3 is 15.4 Å². The zero-order valence-corrected chi connectivity index (χ0v) is 15.0. The smallest absolute Gasteiger partial charge is 0.325 e. The predicted octanol–water partition coefficient (Wildman–Crippen LogP) is 2.81. The number of hydrogen-bond donors (Lipinski definition) is 2. The van der Waals surface area contributed by atoms with E-state index in [1.807, 2.05) is 18.2 Å². The van der Waals surface area contributed by atoms with Gasteiger partial charge in [0.05, 0.1) is 7.11 Å². The largest absolute Gasteiger partial charge is 0.468 e. The molecule has 0 aliphatic carbocycles. The summed E-state index contributed by atoms with van der Waals surface area (Å²) in [5.41, 5.74) is 1.73. The summed E-state index contributed by atoms with van der Waals surface area (Å²) in [6, 6.07) is 13.8. The van der Waals surface area contributed by atoms with E-state index < -0.39 is 11.9 Å². The zero-order valence-electron chi connectivity index (χ0n) is 14.3. The Morgan fingerprint density at radius 2 is 1.85 bits per heavy atom. The molecule has 0 bridgehead atoms. The lowest BCUT2D eigenvalue weighted by Crippen LogP contribution is -2.30. The van der Waals surface area contributed by atoms with Crippen LogP contribution in [0.3, 0.4) is 0 Å². The maximum Gasteiger partial charge on any atom is 0.325 e. The number of aryl methyl sites for hydroxylation is 1. The molecule has 0 aliphatic rings. The summed E-state index contributed by atoms with van der Waals surface area (Å²) >= 11 is 6.08. The number of benzene rings is 2. The molecule has 0 fully saturated rings. The van der Waals surface area contributed by atoms with Crippen molar-refractivity contribution in [3.05, 3.63) is 64.7 Å². The Morgan fingerprint density at radius 1 is 1.08 bits per heavy atom. The Hall–Kier alpha value is -2.86. The van der Waals surface area contributed by atoms with Crippen LogP contribution >= 0.6 is 11.6 Å². The average Bonchev–Trinajstić information content (AvgIpc) is 2.65. The highest BCUT2D eigenvalue weighted by Crippen LogP contribution is 2.17. The van der Waals surface area contributed by atoms with Gasteiger partial charge in [0.15, 0.2) is 0 Å². The fourth-order valence-corrected chi connectivity index (χ4v) is 2.47. The quantitative estimate of drug-likeness (QED) is 0.730. The number of carbonyl (C=O) groups is 3. The third-order valence-electron chi connectivity index (χ3n) is 3.61. The minimum atomic E-state index is -0.539. The number of anilines is 1. The van der Waals surface area contributed by atoms with Gasteiger partial charge in [-0.05, 0) is 36.2 Å². The topological polar surface area (TPSA) is 84.5 Å². The van der Waals surface area contributed by atoms with Crippen molar-refractivity contribution in [2.24, 2.45) is 0 Å². The van der Waals surface area contributed by atoms with E-state index in [2.05, 4.69) is 15.4 Å². The van der Waals surface area contributed by atoms with Crippen LogP contribution in [0.5, 0.6) is 0 Å². The van der Waals surface area contributed by atoms with Gasteiger partial charge in [0.25, 0.3) is 5.91 Å². The van der Waals surface area contributed by atoms with Crippen LogP contribution < -0.4 is 10.6 Å². The molecule has 2 N–H and O–H groups in total. The van der Waals surface area contributed by atoms with E-state index in [1.165, 1.54) is 7.11 Å². The molecule has 0 aromatic heterocycles. The maximum absolute atomic E-state index is 12.1. The van der Waals surface area contributed by atoms with Gasteiger partial charge in [-0.25, -0.2) is 0 Å². The number of ether oxygens (including phenoxy) is 1. The molecule has 0 unspecified atom stereocenters. The fourth-order valence-electron chi connectivity index (χ4n) is 2.24. The average molecular weight is 375 g/mol. The molecule has 2 aromatic rings. The maximum atomic E-state index is 12.1. The molecule has 0 spiro atoms. The Labute approximate surface area is 156 Å². The third-order valence-corrected chi connectivity index (χ3v) is 3.98. The highest BCUT2D eigenvalue weighted by Gasteiger charge is 2.10. The molecule has 2 amide bonds. The molecule has 0 heterocycles. The zero-order chi connectivity index (χ0) is 18.9. The van der Waals surface area contributed by atoms with Crippen molar-refractivity contribution in [2.75, 3.05) is 19.0 Å². The summed E-state index contributed by atoms with van der Waals surface area (Å²) in [4.78, 5) is 35.2. The van der Waals surface area contributed by atoms with Crippen LogP contribution in [0.4, 0.5) is 5.69 Å². The van der Waals surface area contributed by atoms with Gasteiger partial charge in [0.1, 0.15) is 6.54 Å². The molecule has 2 rings (SSSR count). The van der Waals surface area contributed by atoms with E-state index in [-0.39, 0.29) is 18.9 Å². The third kappa shape index (κ3) is 5.89. The predicted molar refractivity (Wildman–Crippen MR) is 99.2 cm³/mol. The van der Waals surface area contributed by atoms with Gasteiger partial charge in [-0.2, -0.15) is 0 Å². The number of nitrogens with one attached hydrogen (secondary N) is 2. The van der Waals surface area contributed by atoms with Gasteiger partial charge in [0.2, 0.25) is 5.91 Å². The lowest BCUT2D eigenvalue weighted by atomic mass is 10.1. The normalized spacial score (nSPS) is 10.1. The van der Waals surface area contributed by atoms with Crippen LogP contribution in [-0.4, -0.2) is 31.4 Å². The molecule has 0 saturated heterocycles. The lowest BCUT2D eigenvalue weighted by molar-refractivity contribution is -0.139. The van der Waals surface area contributed by atoms with Gasteiger partial charge in [0, 0.05) is 22.7 Å². The van der Waals surface area contributed by atoms with Crippen molar-refractivity contribution in [3.8, 4) is 0 Å². The van der Waals surface area contributed by atoms with Crippen LogP contribution in [-0.2, 0) is 20.7 Å². The van der Waals surface area contributed by atoms with Crippen molar-refractivity contribution in [3.63, 3.8) is 0 Å². The van der Waals surface area contributed by atoms with Crippen molar-refractivity contribution in [1.82, 2.24) is 5.32 Å². The Morgan fingerprint density at radius 3 is 2.58 bits per heavy atom. The van der Waals surface area contributed by atoms with Crippen LogP contribution in [0.15, 0.2) is 48.5 Å². The molecule has 0 aliphatic heterocycles. The van der Waals surface area contributed by atoms with E-state index in [1.54, 1.807) is 30.3 Å². The van der Waals surface area contributed by atoms with Crippen LogP contribution in [0, 0.1) is 0 Å². The number of hydrogen-bond acceptors (Lipinski definition) is 4. The second-order valence-electron chi connectivity index (χ2n) is 5.48. The highest BCUT2D eigenvalue weighted by atomic mass is 35.5. The van der Waals surface area contributed by atoms with Gasteiger partial charge in [-0.3, -0.25) is 14.4 Å². The summed E-state index contributed by atoms with van der Waals surface area (Å²) in [7, 11) is 1.24. The highest BCUT2D eigenvalue weighted by molar-refractivity contribution is 6.31. The summed E-state index contributed by atoms with van der Waals surface area (Å²) in [6.07, 6.45) is 0.785. The monoisotopic (exact) mass is 374 g/mol. The van der Waals surface area contributed by atoms with Crippen molar-refractivity contribution >= 4 is 35.1 Å². The standard InChI is InChI=1S/C19H19ClN2O4/c1-26-18(24)12-21-19(25)14-6-4-7-15(11-14)22-17(23)10-9-13-5-2-3-8-16(13)20/h2-8,11H,9-10,12H2,1H3,(H,21,25)(H,22,23). The number of methoxy groups -OCH3 is 1. The molecular weight excluding hydrogens is 356 g/mol. The molecule has 6 nitrogen and oxygen atoms in total. The Bertz CT molecular complexity index is 808. The molecule has 0 atom stereocenters. The summed E-state index contributed by atoms with van der Waals surface area (Å²) < 4.78 is 4.46. The number of esters is 1. The van der Waals surface area contributed by atoms with Crippen molar-refractivity contribution < 1.29 is 19.1 Å². The van der Waals surface area contributed by atoms with Gasteiger partial charge in [-0.1, -0.05) is 35.9 Å². The SMILES string of the molecule is COC(=O)CNC(=O)c1cccc(NC(=O)CCc2ccccc2Cl)c1. The van der Waals surface area contributed by atoms with Gasteiger partial charge in [-0.15, -0.1) is 0 Å². The molecule has 136 valence electrons. The molecule has 0 radical (unpaired) electrons. The summed E-state index contributed by atoms with van der Waals surface area (Å²) in [6.45, 7) is -0.218. The fraction of sp³-hybridized carbons (Fsp3) is 0.211. The first-order chi connectivity index (χ1) is 12.5. The Kier molecular flexibility index (Phi) is 7.17. The summed E-state index contributed by atoms with van der Waals surface area (Å²) in [5, 5.41) is 5.82. The molecule has 0 saturated carbocycles. The van der Waals surface area contributed by atoms with E-state index in [4.69, 9.17) is 11.6 Å². The number of rotatable bonds is 7. The summed E-state index contributed by atoms with van der Waals surface area (Å²) in [5.74, 6) is -1.15. The van der Waals surface area contributed by atoms with Crippen molar-refractivity contribution in [1.29, 1.82) is 0 Å². The first-order valence-electron chi connectivity index (χ1n) is 7.98. The van der Waals surface area contributed by atoms with Gasteiger partial charge >= 0.3 is 5.97 Å². The number of amides is 2. The lowest BCUT2D eigenvalue weighted by Gasteiger charge is -2.08. The Balaban J connectivity index is 1.91. The molecule has 7 heteroatoms. The number of carbonyl (C=O) groups excluding carboxylic acids is 3. The second-order valence-corrected chi connectivity index (χ2v) is 5.89. The first kappa shape index (κ1) is 19.5. The first-order valence-corrected chi connectivity index (χ1v) is 8.35. The van der Waals surface area contributed by atoms with E-state index in [9.17, 15) is 14.4 Å². The molecule has 26 heavy (non-hydrogen) atoms. The minimum absolute atomic E-state index is 0.183. The van der Waals surface area contributed by atoms with Crippen LogP contribution in [0.2, 0.25) is 5.02 Å². The van der Waals surface area contributed by atoms with E-state index in [0.29, 0.717) is 22.7 Å². The van der Waals surface area contributed by atoms with E-state index >= 15 is 0 Å². The second kappa shape index (κ2) is 9.58. The van der Waals surface area contributed by atoms with Crippen LogP contribution in [0.25, 0.3) is 0 Å². The molecule has 2 aromatic carbocycles. The van der Waals surface area contributed by atoms with Crippen molar-refractivity contribution in [2.45, 2.75) is 12.8 Å². The van der Waals surface area contributed by atoms with E-state index in [0.717, 1.165) is 5.56 Å².